The van der Waals surface area contributed by atoms with E-state index in [1.165, 1.54) is 0 Å². The van der Waals surface area contributed by atoms with Crippen LogP contribution in [0, 0.1) is 17.2 Å². The van der Waals surface area contributed by atoms with Crippen molar-refractivity contribution < 1.29 is 19.0 Å². The number of esters is 1. The van der Waals surface area contributed by atoms with Crippen LogP contribution in [-0.2, 0) is 19.0 Å². The van der Waals surface area contributed by atoms with Gasteiger partial charge in [-0.2, -0.15) is 5.26 Å². The number of carbonyl (C=O) groups is 1. The second-order valence-electron chi connectivity index (χ2n) is 5.75. The Morgan fingerprint density at radius 1 is 1.42 bits per heavy atom. The molecule has 1 aliphatic rings. The molecule has 0 fully saturated rings. The highest BCUT2D eigenvalue weighted by Gasteiger charge is 2.26. The standard InChI is InChI=1S/C18H28N2O4/c1-4-16(23-3)13-24-18(21)17(12-19)14-7-5-8-15(11-14)20-9-6-10-22-2/h11,16-17H,4-10,13H2,1-3H3. The van der Waals surface area contributed by atoms with Gasteiger partial charge in [0.15, 0.2) is 5.92 Å². The number of ether oxygens (including phenoxy) is 3. The van der Waals surface area contributed by atoms with Crippen molar-refractivity contribution in [1.82, 2.24) is 0 Å². The minimum atomic E-state index is -0.858. The molecule has 0 bridgehead atoms. The summed E-state index contributed by atoms with van der Waals surface area (Å²) in [5.41, 5.74) is 1.74. The van der Waals surface area contributed by atoms with E-state index in [1.54, 1.807) is 14.2 Å². The summed E-state index contributed by atoms with van der Waals surface area (Å²) in [6, 6.07) is 2.07. The van der Waals surface area contributed by atoms with E-state index in [-0.39, 0.29) is 12.7 Å². The summed E-state index contributed by atoms with van der Waals surface area (Å²) in [5.74, 6) is -1.36. The molecular weight excluding hydrogens is 308 g/mol. The maximum atomic E-state index is 12.2. The molecule has 24 heavy (non-hydrogen) atoms. The third kappa shape index (κ3) is 6.81. The zero-order valence-corrected chi connectivity index (χ0v) is 14.9. The first-order chi connectivity index (χ1) is 11.7. The van der Waals surface area contributed by atoms with Crippen LogP contribution < -0.4 is 0 Å². The van der Waals surface area contributed by atoms with Gasteiger partial charge in [-0.25, -0.2) is 0 Å². The third-order valence-electron chi connectivity index (χ3n) is 4.01. The molecule has 0 N–H and O–H groups in total. The molecule has 1 rings (SSSR count). The van der Waals surface area contributed by atoms with Gasteiger partial charge in [-0.3, -0.25) is 9.79 Å². The smallest absolute Gasteiger partial charge is 0.327 e. The van der Waals surface area contributed by atoms with Crippen molar-refractivity contribution in [3.63, 3.8) is 0 Å². The van der Waals surface area contributed by atoms with E-state index in [4.69, 9.17) is 14.2 Å². The van der Waals surface area contributed by atoms with Gasteiger partial charge in [-0.05, 0) is 43.8 Å². The normalized spacial score (nSPS) is 18.6. The number of nitriles is 1. The van der Waals surface area contributed by atoms with E-state index < -0.39 is 11.9 Å². The molecule has 0 aromatic heterocycles. The van der Waals surface area contributed by atoms with E-state index in [0.29, 0.717) is 13.2 Å². The number of rotatable bonds is 10. The van der Waals surface area contributed by atoms with Gasteiger partial charge in [-0.15, -0.1) is 0 Å². The Morgan fingerprint density at radius 2 is 2.21 bits per heavy atom. The zero-order chi connectivity index (χ0) is 17.8. The average Bonchev–Trinajstić information content (AvgIpc) is 2.61. The molecule has 6 nitrogen and oxygen atoms in total. The summed E-state index contributed by atoms with van der Waals surface area (Å²) in [6.45, 7) is 3.51. The molecular formula is C18H28N2O4. The van der Waals surface area contributed by atoms with Crippen molar-refractivity contribution in [2.45, 2.75) is 45.1 Å². The van der Waals surface area contributed by atoms with Crippen LogP contribution in [0.25, 0.3) is 0 Å². The molecule has 0 heterocycles. The first-order valence-corrected chi connectivity index (χ1v) is 8.48. The van der Waals surface area contributed by atoms with Crippen molar-refractivity contribution in [2.24, 2.45) is 10.9 Å². The van der Waals surface area contributed by atoms with Gasteiger partial charge in [0.05, 0.1) is 12.2 Å². The fraction of sp³-hybridized carbons (Fsp3) is 0.722. The summed E-state index contributed by atoms with van der Waals surface area (Å²) in [4.78, 5) is 16.7. The molecule has 0 saturated heterocycles. The van der Waals surface area contributed by atoms with Crippen molar-refractivity contribution in [1.29, 1.82) is 5.26 Å². The van der Waals surface area contributed by atoms with Crippen LogP contribution in [0.1, 0.15) is 39.0 Å². The first-order valence-electron chi connectivity index (χ1n) is 8.48. The molecule has 0 saturated carbocycles. The predicted molar refractivity (Wildman–Crippen MR) is 91.9 cm³/mol. The Balaban J connectivity index is 2.67. The molecule has 0 amide bonds. The van der Waals surface area contributed by atoms with E-state index in [0.717, 1.165) is 43.4 Å². The molecule has 2 unspecified atom stereocenters. The summed E-state index contributed by atoms with van der Waals surface area (Å²) in [5, 5.41) is 9.38. The molecule has 1 aliphatic carbocycles. The van der Waals surface area contributed by atoms with Gasteiger partial charge in [0.2, 0.25) is 0 Å². The number of methoxy groups -OCH3 is 2. The Kier molecular flexibility index (Phi) is 9.97. The molecule has 0 aromatic rings. The van der Waals surface area contributed by atoms with Crippen LogP contribution in [0.15, 0.2) is 16.6 Å². The number of allylic oxidation sites excluding steroid dienone is 1. The zero-order valence-electron chi connectivity index (χ0n) is 14.9. The fourth-order valence-corrected chi connectivity index (χ4v) is 2.51. The van der Waals surface area contributed by atoms with E-state index in [9.17, 15) is 10.1 Å². The summed E-state index contributed by atoms with van der Waals surface area (Å²) >= 11 is 0. The Morgan fingerprint density at radius 3 is 2.83 bits per heavy atom. The van der Waals surface area contributed by atoms with E-state index in [2.05, 4.69) is 11.1 Å². The molecule has 134 valence electrons. The lowest BCUT2D eigenvalue weighted by atomic mass is 9.89. The lowest BCUT2D eigenvalue weighted by molar-refractivity contribution is -0.149. The highest BCUT2D eigenvalue weighted by molar-refractivity contribution is 5.97. The van der Waals surface area contributed by atoms with Gasteiger partial charge < -0.3 is 14.2 Å². The topological polar surface area (TPSA) is 80.9 Å². The van der Waals surface area contributed by atoms with Crippen molar-refractivity contribution in [3.05, 3.63) is 11.6 Å². The molecule has 0 radical (unpaired) electrons. The third-order valence-corrected chi connectivity index (χ3v) is 4.01. The monoisotopic (exact) mass is 336 g/mol. The maximum absolute atomic E-state index is 12.2. The first kappa shape index (κ1) is 20.3. The minimum Gasteiger partial charge on any atom is -0.462 e. The second kappa shape index (κ2) is 11.8. The average molecular weight is 336 g/mol. The molecule has 6 heteroatoms. The van der Waals surface area contributed by atoms with Gasteiger partial charge in [-0.1, -0.05) is 6.92 Å². The van der Waals surface area contributed by atoms with E-state index >= 15 is 0 Å². The number of hydrogen-bond donors (Lipinski definition) is 0. The van der Waals surface area contributed by atoms with Crippen LogP contribution in [0.5, 0.6) is 0 Å². The summed E-state index contributed by atoms with van der Waals surface area (Å²) in [7, 11) is 3.25. The largest absolute Gasteiger partial charge is 0.462 e. The van der Waals surface area contributed by atoms with Crippen LogP contribution in [0.2, 0.25) is 0 Å². The van der Waals surface area contributed by atoms with Gasteiger partial charge in [0, 0.05) is 33.1 Å². The number of hydrogen-bond acceptors (Lipinski definition) is 6. The minimum absolute atomic E-state index is 0.133. The van der Waals surface area contributed by atoms with Crippen molar-refractivity contribution >= 4 is 11.7 Å². The highest BCUT2D eigenvalue weighted by atomic mass is 16.6. The quantitative estimate of drug-likeness (QED) is 0.452. The summed E-state index contributed by atoms with van der Waals surface area (Å²) < 4.78 is 15.4. The predicted octanol–water partition coefficient (Wildman–Crippen LogP) is 2.68. The lowest BCUT2D eigenvalue weighted by Crippen LogP contribution is -2.26. The fourth-order valence-electron chi connectivity index (χ4n) is 2.51. The van der Waals surface area contributed by atoms with Gasteiger partial charge >= 0.3 is 5.97 Å². The number of nitrogens with zero attached hydrogens (tertiary/aromatic N) is 2. The number of aliphatic imine (C=N–C) groups is 1. The molecule has 2 atom stereocenters. The Labute approximate surface area is 144 Å². The van der Waals surface area contributed by atoms with Gasteiger partial charge in [0.1, 0.15) is 6.61 Å². The Hall–Kier alpha value is -1.71. The highest BCUT2D eigenvalue weighted by Crippen LogP contribution is 2.24. The summed E-state index contributed by atoms with van der Waals surface area (Å²) in [6.07, 6.45) is 5.88. The number of carbonyl (C=O) groups excluding carboxylic acids is 1. The van der Waals surface area contributed by atoms with Crippen molar-refractivity contribution in [2.75, 3.05) is 34.0 Å². The van der Waals surface area contributed by atoms with Crippen LogP contribution >= 0.6 is 0 Å². The molecule has 0 aromatic carbocycles. The van der Waals surface area contributed by atoms with Crippen LogP contribution in [0.3, 0.4) is 0 Å². The Bertz CT molecular complexity index is 490. The second-order valence-corrected chi connectivity index (χ2v) is 5.75. The van der Waals surface area contributed by atoms with Crippen LogP contribution in [0.4, 0.5) is 0 Å². The van der Waals surface area contributed by atoms with Gasteiger partial charge in [0.25, 0.3) is 0 Å². The molecule has 0 spiro atoms. The maximum Gasteiger partial charge on any atom is 0.327 e. The molecule has 0 aliphatic heterocycles. The van der Waals surface area contributed by atoms with E-state index in [1.807, 2.05) is 13.0 Å². The SMILES string of the molecule is CCC(COC(=O)C(C#N)C1=CC(=NCCCOC)CCC1)OC. The van der Waals surface area contributed by atoms with Crippen molar-refractivity contribution in [3.8, 4) is 6.07 Å². The van der Waals surface area contributed by atoms with Crippen LogP contribution in [-0.4, -0.2) is 51.8 Å². The lowest BCUT2D eigenvalue weighted by Gasteiger charge is -2.19.